The summed E-state index contributed by atoms with van der Waals surface area (Å²) in [4.78, 5) is 0. The SMILES string of the molecule is CC(C)(C)CCC(CCl)c1cccc(Br)c1. The third-order valence-corrected chi connectivity index (χ3v) is 3.61. The van der Waals surface area contributed by atoms with Crippen LogP contribution < -0.4 is 0 Å². The average molecular weight is 304 g/mol. The summed E-state index contributed by atoms with van der Waals surface area (Å²) >= 11 is 9.58. The van der Waals surface area contributed by atoms with Gasteiger partial charge in [-0.3, -0.25) is 0 Å². The van der Waals surface area contributed by atoms with Crippen molar-refractivity contribution in [2.24, 2.45) is 5.41 Å². The molecule has 0 radical (unpaired) electrons. The molecule has 0 amide bonds. The minimum Gasteiger partial charge on any atom is -0.126 e. The molecule has 0 aliphatic rings. The summed E-state index contributed by atoms with van der Waals surface area (Å²) in [6.45, 7) is 6.83. The van der Waals surface area contributed by atoms with Crippen molar-refractivity contribution < 1.29 is 0 Å². The number of benzene rings is 1. The van der Waals surface area contributed by atoms with Crippen LogP contribution in [0, 0.1) is 5.41 Å². The molecule has 1 aromatic rings. The molecule has 0 fully saturated rings. The summed E-state index contributed by atoms with van der Waals surface area (Å²) in [6.07, 6.45) is 2.36. The Morgan fingerprint density at radius 3 is 2.50 bits per heavy atom. The van der Waals surface area contributed by atoms with Gasteiger partial charge in [0.15, 0.2) is 0 Å². The van der Waals surface area contributed by atoms with Crippen molar-refractivity contribution in [3.8, 4) is 0 Å². The summed E-state index contributed by atoms with van der Waals surface area (Å²) in [5.74, 6) is 1.17. The number of halogens is 2. The van der Waals surface area contributed by atoms with Gasteiger partial charge in [0.25, 0.3) is 0 Å². The third-order valence-electron chi connectivity index (χ3n) is 2.75. The summed E-state index contributed by atoms with van der Waals surface area (Å²) in [6, 6.07) is 8.48. The molecule has 2 heteroatoms. The highest BCUT2D eigenvalue weighted by molar-refractivity contribution is 9.10. The van der Waals surface area contributed by atoms with E-state index in [2.05, 4.69) is 61.0 Å². The maximum Gasteiger partial charge on any atom is 0.0292 e. The number of hydrogen-bond acceptors (Lipinski definition) is 0. The number of alkyl halides is 1. The van der Waals surface area contributed by atoms with E-state index in [1.54, 1.807) is 0 Å². The lowest BCUT2D eigenvalue weighted by atomic mass is 9.85. The molecular weight excluding hydrogens is 284 g/mol. The second-order valence-electron chi connectivity index (χ2n) is 5.51. The van der Waals surface area contributed by atoms with E-state index in [0.29, 0.717) is 17.2 Å². The maximum absolute atomic E-state index is 6.07. The summed E-state index contributed by atoms with van der Waals surface area (Å²) in [5, 5.41) is 0. The molecule has 0 aliphatic heterocycles. The molecule has 0 nitrogen and oxygen atoms in total. The third kappa shape index (κ3) is 4.88. The van der Waals surface area contributed by atoms with E-state index in [4.69, 9.17) is 11.6 Å². The molecule has 0 spiro atoms. The predicted molar refractivity (Wildman–Crippen MR) is 76.3 cm³/mol. The molecular formula is C14H20BrCl. The van der Waals surface area contributed by atoms with Gasteiger partial charge in [0.05, 0.1) is 0 Å². The van der Waals surface area contributed by atoms with Crippen molar-refractivity contribution in [3.63, 3.8) is 0 Å². The lowest BCUT2D eigenvalue weighted by molar-refractivity contribution is 0.353. The van der Waals surface area contributed by atoms with Gasteiger partial charge in [-0.1, -0.05) is 48.8 Å². The van der Waals surface area contributed by atoms with Gasteiger partial charge in [-0.25, -0.2) is 0 Å². The second kappa shape index (κ2) is 6.07. The molecule has 1 unspecified atom stereocenters. The summed E-state index contributed by atoms with van der Waals surface area (Å²) in [5.41, 5.74) is 1.73. The first kappa shape index (κ1) is 14.1. The van der Waals surface area contributed by atoms with Crippen LogP contribution in [0.2, 0.25) is 0 Å². The maximum atomic E-state index is 6.07. The second-order valence-corrected chi connectivity index (χ2v) is 6.73. The van der Waals surface area contributed by atoms with Crippen LogP contribution in [-0.4, -0.2) is 5.88 Å². The predicted octanol–water partition coefficient (Wildman–Crippen LogP) is 5.60. The van der Waals surface area contributed by atoms with Crippen LogP contribution in [0.15, 0.2) is 28.7 Å². The summed E-state index contributed by atoms with van der Waals surface area (Å²) in [7, 11) is 0. The van der Waals surface area contributed by atoms with E-state index in [-0.39, 0.29) is 0 Å². The fourth-order valence-electron chi connectivity index (χ4n) is 1.70. The Bertz CT molecular complexity index is 328. The van der Waals surface area contributed by atoms with Gasteiger partial charge in [0, 0.05) is 10.4 Å². The van der Waals surface area contributed by atoms with E-state index in [9.17, 15) is 0 Å². The Morgan fingerprint density at radius 1 is 1.31 bits per heavy atom. The van der Waals surface area contributed by atoms with Crippen molar-refractivity contribution in [1.29, 1.82) is 0 Å². The first-order valence-corrected chi connectivity index (χ1v) is 7.06. The monoisotopic (exact) mass is 302 g/mol. The smallest absolute Gasteiger partial charge is 0.0292 e. The largest absolute Gasteiger partial charge is 0.126 e. The van der Waals surface area contributed by atoms with Crippen LogP contribution in [0.25, 0.3) is 0 Å². The molecule has 1 rings (SSSR count). The first-order valence-electron chi connectivity index (χ1n) is 5.74. The van der Waals surface area contributed by atoms with Gasteiger partial charge >= 0.3 is 0 Å². The number of hydrogen-bond donors (Lipinski definition) is 0. The average Bonchev–Trinajstić information content (AvgIpc) is 2.17. The van der Waals surface area contributed by atoms with Crippen molar-refractivity contribution in [2.75, 3.05) is 5.88 Å². The Balaban J connectivity index is 2.68. The van der Waals surface area contributed by atoms with Gasteiger partial charge in [-0.15, -0.1) is 11.6 Å². The zero-order valence-corrected chi connectivity index (χ0v) is 12.6. The van der Waals surface area contributed by atoms with Crippen molar-refractivity contribution in [3.05, 3.63) is 34.3 Å². The van der Waals surface area contributed by atoms with Crippen LogP contribution in [0.4, 0.5) is 0 Å². The van der Waals surface area contributed by atoms with Gasteiger partial charge in [-0.05, 0) is 41.9 Å². The fraction of sp³-hybridized carbons (Fsp3) is 0.571. The van der Waals surface area contributed by atoms with Crippen LogP contribution in [0.1, 0.15) is 45.1 Å². The Hall–Kier alpha value is -0.0100. The van der Waals surface area contributed by atoms with Crippen LogP contribution in [-0.2, 0) is 0 Å². The molecule has 90 valence electrons. The molecule has 16 heavy (non-hydrogen) atoms. The molecule has 1 aromatic carbocycles. The topological polar surface area (TPSA) is 0 Å². The Labute approximate surface area is 113 Å². The molecule has 0 bridgehead atoms. The van der Waals surface area contributed by atoms with Gasteiger partial charge in [0.1, 0.15) is 0 Å². The quantitative estimate of drug-likeness (QED) is 0.635. The van der Waals surface area contributed by atoms with Crippen LogP contribution in [0.3, 0.4) is 0 Å². The normalized spacial score (nSPS) is 13.8. The minimum absolute atomic E-state index is 0.385. The summed E-state index contributed by atoms with van der Waals surface area (Å²) < 4.78 is 1.14. The van der Waals surface area contributed by atoms with E-state index >= 15 is 0 Å². The van der Waals surface area contributed by atoms with E-state index < -0.39 is 0 Å². The van der Waals surface area contributed by atoms with Crippen molar-refractivity contribution >= 4 is 27.5 Å². The first-order chi connectivity index (χ1) is 7.42. The van der Waals surface area contributed by atoms with E-state index in [1.165, 1.54) is 12.0 Å². The molecule has 0 N–H and O–H groups in total. The molecule has 0 saturated heterocycles. The van der Waals surface area contributed by atoms with E-state index in [0.717, 1.165) is 10.9 Å². The molecule has 0 aliphatic carbocycles. The molecule has 0 heterocycles. The van der Waals surface area contributed by atoms with Crippen molar-refractivity contribution in [1.82, 2.24) is 0 Å². The zero-order valence-electron chi connectivity index (χ0n) is 10.3. The highest BCUT2D eigenvalue weighted by Gasteiger charge is 2.16. The van der Waals surface area contributed by atoms with Crippen LogP contribution in [0.5, 0.6) is 0 Å². The van der Waals surface area contributed by atoms with Crippen molar-refractivity contribution in [2.45, 2.75) is 39.5 Å². The number of rotatable bonds is 4. The Kier molecular flexibility index (Phi) is 5.33. The minimum atomic E-state index is 0.385. The van der Waals surface area contributed by atoms with Gasteiger partial charge < -0.3 is 0 Å². The van der Waals surface area contributed by atoms with Gasteiger partial charge in [0.2, 0.25) is 0 Å². The molecule has 0 saturated carbocycles. The Morgan fingerprint density at radius 2 is 2.00 bits per heavy atom. The highest BCUT2D eigenvalue weighted by Crippen LogP contribution is 2.30. The van der Waals surface area contributed by atoms with Crippen LogP contribution >= 0.6 is 27.5 Å². The highest BCUT2D eigenvalue weighted by atomic mass is 79.9. The molecule has 0 aromatic heterocycles. The van der Waals surface area contributed by atoms with Gasteiger partial charge in [-0.2, -0.15) is 0 Å². The standard InChI is InChI=1S/C14H20BrCl/c1-14(2,3)8-7-12(10-16)11-5-4-6-13(15)9-11/h4-6,9,12H,7-8,10H2,1-3H3. The molecule has 1 atom stereocenters. The fourth-order valence-corrected chi connectivity index (χ4v) is 2.45. The van der Waals surface area contributed by atoms with E-state index in [1.807, 2.05) is 0 Å². The lowest BCUT2D eigenvalue weighted by Gasteiger charge is -2.22. The zero-order chi connectivity index (χ0) is 12.2. The lowest BCUT2D eigenvalue weighted by Crippen LogP contribution is -2.09.